The zero-order valence-electron chi connectivity index (χ0n) is 8.51. The number of benzene rings is 2. The van der Waals surface area contributed by atoms with E-state index in [0.717, 1.165) is 15.8 Å². The van der Waals surface area contributed by atoms with Crippen molar-refractivity contribution in [1.29, 1.82) is 0 Å². The Labute approximate surface area is 110 Å². The third kappa shape index (κ3) is 2.98. The topological polar surface area (TPSA) is 29.3 Å². The Morgan fingerprint density at radius 2 is 1.31 bits per heavy atom. The fourth-order valence-corrected chi connectivity index (χ4v) is 1.60. The average Bonchev–Trinajstić information content (AvgIpc) is 2.30. The van der Waals surface area contributed by atoms with Gasteiger partial charge in [0.25, 0.3) is 0 Å². The molecule has 4 heteroatoms. The van der Waals surface area contributed by atoms with Gasteiger partial charge in [-0.25, -0.2) is 5.84 Å². The lowest BCUT2D eigenvalue weighted by atomic mass is 10.2. The summed E-state index contributed by atoms with van der Waals surface area (Å²) in [6.07, 6.45) is 0. The molecule has 2 aromatic rings. The summed E-state index contributed by atoms with van der Waals surface area (Å²) in [7, 11) is 0. The second-order valence-corrected chi connectivity index (χ2v) is 4.10. The monoisotopic (exact) mass is 298 g/mol. The number of halogens is 2. The van der Waals surface area contributed by atoms with Gasteiger partial charge in [-0.05, 0) is 36.4 Å². The Hall–Kier alpha value is -1.03. The molecule has 2 aromatic carbocycles. The normalized spacial score (nSPS) is 9.38. The van der Waals surface area contributed by atoms with Gasteiger partial charge in [-0.2, -0.15) is 0 Å². The average molecular weight is 300 g/mol. The van der Waals surface area contributed by atoms with E-state index in [1.165, 1.54) is 0 Å². The molecule has 16 heavy (non-hydrogen) atoms. The van der Waals surface area contributed by atoms with Crippen molar-refractivity contribution < 1.29 is 0 Å². The predicted octanol–water partition coefficient (Wildman–Crippen LogP) is 3.88. The van der Waals surface area contributed by atoms with Crippen LogP contribution in [0.15, 0.2) is 59.1 Å². The molecule has 0 unspecified atom stereocenters. The van der Waals surface area contributed by atoms with Crippen molar-refractivity contribution in [3.63, 3.8) is 0 Å². The number of nitrogens with two attached hydrogens (primary N) is 1. The lowest BCUT2D eigenvalue weighted by Gasteiger charge is -2.18. The number of rotatable bonds is 2. The zero-order valence-corrected chi connectivity index (χ0v) is 10.9. The van der Waals surface area contributed by atoms with Gasteiger partial charge >= 0.3 is 0 Å². The van der Waals surface area contributed by atoms with Crippen LogP contribution < -0.4 is 10.9 Å². The van der Waals surface area contributed by atoms with Gasteiger partial charge in [0.15, 0.2) is 0 Å². The predicted molar refractivity (Wildman–Crippen MR) is 74.2 cm³/mol. The van der Waals surface area contributed by atoms with Gasteiger partial charge in [-0.3, -0.25) is 5.01 Å². The molecule has 0 aliphatic rings. The van der Waals surface area contributed by atoms with E-state index in [1.807, 2.05) is 54.6 Å². The van der Waals surface area contributed by atoms with E-state index < -0.39 is 0 Å². The highest BCUT2D eigenvalue weighted by atomic mass is 79.9. The molecule has 2 N–H and O–H groups in total. The summed E-state index contributed by atoms with van der Waals surface area (Å²) in [5, 5.41) is 1.66. The van der Waals surface area contributed by atoms with Crippen molar-refractivity contribution in [2.24, 2.45) is 5.84 Å². The minimum absolute atomic E-state index is 0. The summed E-state index contributed by atoms with van der Waals surface area (Å²) in [4.78, 5) is 0. The minimum atomic E-state index is 0. The molecule has 0 spiro atoms. The SMILES string of the molecule is Cl.NN(c1ccccc1)c1ccc(Br)cc1. The van der Waals surface area contributed by atoms with Gasteiger partial charge in [-0.1, -0.05) is 34.1 Å². The van der Waals surface area contributed by atoms with Crippen molar-refractivity contribution in [2.45, 2.75) is 0 Å². The first-order chi connectivity index (χ1) is 7.27. The molecule has 2 nitrogen and oxygen atoms in total. The smallest absolute Gasteiger partial charge is 0.0576 e. The van der Waals surface area contributed by atoms with Crippen molar-refractivity contribution in [1.82, 2.24) is 0 Å². The van der Waals surface area contributed by atoms with Gasteiger partial charge < -0.3 is 0 Å². The molecule has 0 saturated carbocycles. The van der Waals surface area contributed by atoms with Crippen LogP contribution in [0.1, 0.15) is 0 Å². The summed E-state index contributed by atoms with van der Waals surface area (Å²) in [5.74, 6) is 5.98. The van der Waals surface area contributed by atoms with E-state index in [4.69, 9.17) is 5.84 Å². The molecular weight excluding hydrogens is 288 g/mol. The Bertz CT molecular complexity index is 431. The van der Waals surface area contributed by atoms with E-state index in [2.05, 4.69) is 15.9 Å². The van der Waals surface area contributed by atoms with Gasteiger partial charge in [0.2, 0.25) is 0 Å². The summed E-state index contributed by atoms with van der Waals surface area (Å²) < 4.78 is 1.05. The van der Waals surface area contributed by atoms with Crippen LogP contribution in [0.3, 0.4) is 0 Å². The summed E-state index contributed by atoms with van der Waals surface area (Å²) in [6, 6.07) is 17.7. The zero-order chi connectivity index (χ0) is 10.7. The highest BCUT2D eigenvalue weighted by molar-refractivity contribution is 9.10. The van der Waals surface area contributed by atoms with E-state index in [-0.39, 0.29) is 12.4 Å². The van der Waals surface area contributed by atoms with Gasteiger partial charge in [-0.15, -0.1) is 12.4 Å². The lowest BCUT2D eigenvalue weighted by molar-refractivity contribution is 1.09. The number of para-hydroxylation sites is 1. The molecule has 0 aliphatic carbocycles. The fraction of sp³-hybridized carbons (Fsp3) is 0. The number of nitrogens with zero attached hydrogens (tertiary/aromatic N) is 1. The van der Waals surface area contributed by atoms with Crippen LogP contribution in [0.4, 0.5) is 11.4 Å². The Morgan fingerprint density at radius 3 is 1.88 bits per heavy atom. The van der Waals surface area contributed by atoms with Crippen LogP contribution in [0.25, 0.3) is 0 Å². The summed E-state index contributed by atoms with van der Waals surface area (Å²) in [6.45, 7) is 0. The number of anilines is 2. The van der Waals surface area contributed by atoms with Crippen LogP contribution in [-0.2, 0) is 0 Å². The lowest BCUT2D eigenvalue weighted by Crippen LogP contribution is -2.24. The first kappa shape index (κ1) is 13.0. The van der Waals surface area contributed by atoms with Crippen molar-refractivity contribution in [3.05, 3.63) is 59.1 Å². The molecular formula is C12H12BrClN2. The number of hydrazine groups is 1. The minimum Gasteiger partial charge on any atom is -0.280 e. The van der Waals surface area contributed by atoms with Crippen LogP contribution in [0.2, 0.25) is 0 Å². The van der Waals surface area contributed by atoms with Crippen LogP contribution in [0, 0.1) is 0 Å². The first-order valence-electron chi connectivity index (χ1n) is 4.63. The molecule has 2 rings (SSSR count). The number of hydrogen-bond donors (Lipinski definition) is 1. The Morgan fingerprint density at radius 1 is 0.812 bits per heavy atom. The van der Waals surface area contributed by atoms with Crippen LogP contribution in [-0.4, -0.2) is 0 Å². The second-order valence-electron chi connectivity index (χ2n) is 3.18. The second kappa shape index (κ2) is 5.89. The number of hydrogen-bond acceptors (Lipinski definition) is 2. The highest BCUT2D eigenvalue weighted by Gasteiger charge is 2.02. The van der Waals surface area contributed by atoms with Crippen molar-refractivity contribution >= 4 is 39.7 Å². The molecule has 0 radical (unpaired) electrons. The van der Waals surface area contributed by atoms with Crippen LogP contribution >= 0.6 is 28.3 Å². The van der Waals surface area contributed by atoms with E-state index in [9.17, 15) is 0 Å². The molecule has 0 heterocycles. The van der Waals surface area contributed by atoms with E-state index in [1.54, 1.807) is 5.01 Å². The molecule has 0 aromatic heterocycles. The van der Waals surface area contributed by atoms with E-state index >= 15 is 0 Å². The first-order valence-corrected chi connectivity index (χ1v) is 5.42. The van der Waals surface area contributed by atoms with Crippen molar-refractivity contribution in [2.75, 3.05) is 5.01 Å². The van der Waals surface area contributed by atoms with E-state index in [0.29, 0.717) is 0 Å². The van der Waals surface area contributed by atoms with Gasteiger partial charge in [0.05, 0.1) is 11.4 Å². The molecule has 0 amide bonds. The third-order valence-electron chi connectivity index (χ3n) is 2.14. The fourth-order valence-electron chi connectivity index (χ4n) is 1.34. The molecule has 0 fully saturated rings. The third-order valence-corrected chi connectivity index (χ3v) is 2.67. The molecule has 0 saturated heterocycles. The van der Waals surface area contributed by atoms with Gasteiger partial charge in [0, 0.05) is 4.47 Å². The summed E-state index contributed by atoms with van der Waals surface area (Å²) in [5.41, 5.74) is 1.93. The highest BCUT2D eigenvalue weighted by Crippen LogP contribution is 2.22. The van der Waals surface area contributed by atoms with Gasteiger partial charge in [0.1, 0.15) is 0 Å². The maximum Gasteiger partial charge on any atom is 0.0576 e. The standard InChI is InChI=1S/C12H11BrN2.ClH/c13-10-6-8-12(9-7-10)15(14)11-4-2-1-3-5-11;/h1-9H,14H2;1H. The Kier molecular flexibility index (Phi) is 4.80. The summed E-state index contributed by atoms with van der Waals surface area (Å²) >= 11 is 3.39. The molecule has 0 aliphatic heterocycles. The van der Waals surface area contributed by atoms with Crippen LogP contribution in [0.5, 0.6) is 0 Å². The molecule has 0 atom stereocenters. The van der Waals surface area contributed by atoms with Crippen molar-refractivity contribution in [3.8, 4) is 0 Å². The molecule has 84 valence electrons. The molecule has 0 bridgehead atoms. The quantitative estimate of drug-likeness (QED) is 0.673. The maximum absolute atomic E-state index is 5.98. The largest absolute Gasteiger partial charge is 0.280 e. The Balaban J connectivity index is 0.00000128. The maximum atomic E-state index is 5.98.